The van der Waals surface area contributed by atoms with Crippen LogP contribution in [0, 0.1) is 5.41 Å². The molecule has 0 heterocycles. The van der Waals surface area contributed by atoms with Gasteiger partial charge in [-0.05, 0) is 12.3 Å². The molecule has 0 unspecified atom stereocenters. The molecule has 0 aromatic rings. The van der Waals surface area contributed by atoms with Crippen LogP contribution < -0.4 is 5.84 Å². The molecule has 0 saturated carbocycles. The van der Waals surface area contributed by atoms with Gasteiger partial charge in [0, 0.05) is 6.42 Å². The lowest BCUT2D eigenvalue weighted by molar-refractivity contribution is -0.145. The van der Waals surface area contributed by atoms with E-state index in [-0.39, 0.29) is 24.6 Å². The number of hydrogen-bond acceptors (Lipinski definition) is 5. The third kappa shape index (κ3) is 6.65. The largest absolute Gasteiger partial charge is 0.466 e. The molecule has 0 aliphatic rings. The van der Waals surface area contributed by atoms with Gasteiger partial charge in [0.05, 0.1) is 19.2 Å². The van der Waals surface area contributed by atoms with Gasteiger partial charge < -0.3 is 10.6 Å². The maximum absolute atomic E-state index is 11.2. The number of ether oxygens (including phenoxy) is 1. The van der Waals surface area contributed by atoms with Crippen molar-refractivity contribution in [1.29, 1.82) is 0 Å². The minimum atomic E-state index is -0.426. The fraction of sp³-hybridized carbons (Fsp3) is 0.700. The Kier molecular flexibility index (Phi) is 5.59. The van der Waals surface area contributed by atoms with Crippen LogP contribution in [-0.2, 0) is 14.3 Å². The molecule has 0 radical (unpaired) electrons. The Balaban J connectivity index is 4.17. The van der Waals surface area contributed by atoms with Crippen LogP contribution in [0.2, 0.25) is 0 Å². The van der Waals surface area contributed by atoms with Gasteiger partial charge in [-0.25, -0.2) is 0 Å². The van der Waals surface area contributed by atoms with E-state index in [4.69, 9.17) is 10.6 Å². The quantitative estimate of drug-likeness (QED) is 0.308. The number of Topliss-reactive ketones (excluding diaryl/α,β-unsaturated/α-hetero) is 1. The molecule has 86 valence electrons. The molecule has 0 fully saturated rings. The number of hydrazone groups is 1. The van der Waals surface area contributed by atoms with Gasteiger partial charge in [-0.2, -0.15) is 5.10 Å². The summed E-state index contributed by atoms with van der Waals surface area (Å²) in [5.41, 5.74) is -0.426. The van der Waals surface area contributed by atoms with Crippen LogP contribution in [0.3, 0.4) is 0 Å². The summed E-state index contributed by atoms with van der Waals surface area (Å²) in [5, 5.41) is 3.14. The summed E-state index contributed by atoms with van der Waals surface area (Å²) >= 11 is 0. The molecule has 5 heteroatoms. The van der Waals surface area contributed by atoms with E-state index in [1.807, 2.05) is 13.8 Å². The summed E-state index contributed by atoms with van der Waals surface area (Å²) in [7, 11) is 0. The SMILES string of the molecule is CCOC(=O)CC(C)(C)CC(=O)C=NN. The highest BCUT2D eigenvalue weighted by molar-refractivity contribution is 6.27. The lowest BCUT2D eigenvalue weighted by Gasteiger charge is -2.21. The summed E-state index contributed by atoms with van der Waals surface area (Å²) in [4.78, 5) is 22.4. The fourth-order valence-electron chi connectivity index (χ4n) is 1.27. The van der Waals surface area contributed by atoms with Crippen LogP contribution >= 0.6 is 0 Å². The molecule has 0 spiro atoms. The zero-order chi connectivity index (χ0) is 11.9. The van der Waals surface area contributed by atoms with Crippen molar-refractivity contribution in [3.8, 4) is 0 Å². The van der Waals surface area contributed by atoms with Gasteiger partial charge in [0.25, 0.3) is 0 Å². The molecule has 0 atom stereocenters. The summed E-state index contributed by atoms with van der Waals surface area (Å²) in [6.07, 6.45) is 1.50. The highest BCUT2D eigenvalue weighted by Crippen LogP contribution is 2.25. The molecule has 2 N–H and O–H groups in total. The van der Waals surface area contributed by atoms with Crippen molar-refractivity contribution in [1.82, 2.24) is 0 Å². The van der Waals surface area contributed by atoms with E-state index in [0.29, 0.717) is 6.61 Å². The van der Waals surface area contributed by atoms with Crippen LogP contribution in [0.15, 0.2) is 5.10 Å². The first-order valence-electron chi connectivity index (χ1n) is 4.83. The number of carbonyl (C=O) groups excluding carboxylic acids is 2. The Hall–Kier alpha value is -1.39. The number of rotatable bonds is 6. The van der Waals surface area contributed by atoms with Crippen molar-refractivity contribution >= 4 is 18.0 Å². The summed E-state index contributed by atoms with van der Waals surface area (Å²) in [5.74, 6) is 4.37. The zero-order valence-electron chi connectivity index (χ0n) is 9.45. The second kappa shape index (κ2) is 6.16. The molecule has 0 amide bonds. The van der Waals surface area contributed by atoms with Crippen molar-refractivity contribution < 1.29 is 14.3 Å². The molecule has 0 aliphatic carbocycles. The van der Waals surface area contributed by atoms with Crippen LogP contribution in [0.5, 0.6) is 0 Å². The van der Waals surface area contributed by atoms with Gasteiger partial charge >= 0.3 is 5.97 Å². The van der Waals surface area contributed by atoms with E-state index < -0.39 is 5.41 Å². The molecule has 0 aromatic heterocycles. The number of esters is 1. The second-order valence-corrected chi connectivity index (χ2v) is 4.07. The summed E-state index contributed by atoms with van der Waals surface area (Å²) in [6.45, 7) is 5.75. The van der Waals surface area contributed by atoms with Crippen molar-refractivity contribution in [3.63, 3.8) is 0 Å². The average Bonchev–Trinajstić information content (AvgIpc) is 2.01. The molecule has 0 rings (SSSR count). The van der Waals surface area contributed by atoms with E-state index >= 15 is 0 Å². The van der Waals surface area contributed by atoms with Gasteiger partial charge in [0.15, 0.2) is 5.78 Å². The third-order valence-electron chi connectivity index (χ3n) is 1.80. The van der Waals surface area contributed by atoms with Crippen LogP contribution in [0.25, 0.3) is 0 Å². The van der Waals surface area contributed by atoms with Crippen molar-refractivity contribution in [2.45, 2.75) is 33.6 Å². The minimum Gasteiger partial charge on any atom is -0.466 e. The Morgan fingerprint density at radius 2 is 2.00 bits per heavy atom. The summed E-state index contributed by atoms with van der Waals surface area (Å²) in [6, 6.07) is 0. The Morgan fingerprint density at radius 3 is 2.47 bits per heavy atom. The van der Waals surface area contributed by atoms with Crippen LogP contribution in [0.1, 0.15) is 33.6 Å². The van der Waals surface area contributed by atoms with Crippen LogP contribution in [0.4, 0.5) is 0 Å². The maximum atomic E-state index is 11.2. The van der Waals surface area contributed by atoms with Gasteiger partial charge in [-0.1, -0.05) is 13.8 Å². The van der Waals surface area contributed by atoms with Gasteiger partial charge in [-0.3, -0.25) is 9.59 Å². The zero-order valence-corrected chi connectivity index (χ0v) is 9.45. The predicted molar refractivity (Wildman–Crippen MR) is 57.3 cm³/mol. The third-order valence-corrected chi connectivity index (χ3v) is 1.80. The normalized spacial score (nSPS) is 11.7. The monoisotopic (exact) mass is 214 g/mol. The standard InChI is InChI=1S/C10H18N2O3/c1-4-15-9(14)6-10(2,3)5-8(13)7-12-11/h7H,4-6,11H2,1-3H3. The second-order valence-electron chi connectivity index (χ2n) is 4.07. The first kappa shape index (κ1) is 13.6. The number of nitrogens with two attached hydrogens (primary N) is 1. The molecular weight excluding hydrogens is 196 g/mol. The molecule has 0 aliphatic heterocycles. The number of hydrogen-bond donors (Lipinski definition) is 1. The molecule has 15 heavy (non-hydrogen) atoms. The van der Waals surface area contributed by atoms with E-state index in [1.54, 1.807) is 6.92 Å². The van der Waals surface area contributed by atoms with Gasteiger partial charge in [0.1, 0.15) is 0 Å². The van der Waals surface area contributed by atoms with E-state index in [2.05, 4.69) is 5.10 Å². The maximum Gasteiger partial charge on any atom is 0.306 e. The van der Waals surface area contributed by atoms with Gasteiger partial charge in [-0.15, -0.1) is 0 Å². The summed E-state index contributed by atoms with van der Waals surface area (Å²) < 4.78 is 4.81. The lowest BCUT2D eigenvalue weighted by Crippen LogP contribution is -2.23. The molecule has 0 aromatic carbocycles. The molecular formula is C10H18N2O3. The van der Waals surface area contributed by atoms with Gasteiger partial charge in [0.2, 0.25) is 0 Å². The number of ketones is 1. The average molecular weight is 214 g/mol. The fourth-order valence-corrected chi connectivity index (χ4v) is 1.27. The first-order valence-corrected chi connectivity index (χ1v) is 4.83. The van der Waals surface area contributed by atoms with E-state index in [0.717, 1.165) is 6.21 Å². The highest BCUT2D eigenvalue weighted by atomic mass is 16.5. The van der Waals surface area contributed by atoms with E-state index in [9.17, 15) is 9.59 Å². The molecule has 0 bridgehead atoms. The smallest absolute Gasteiger partial charge is 0.306 e. The molecule has 0 saturated heterocycles. The highest BCUT2D eigenvalue weighted by Gasteiger charge is 2.25. The minimum absolute atomic E-state index is 0.188. The van der Waals surface area contributed by atoms with E-state index in [1.165, 1.54) is 0 Å². The number of nitrogens with zero attached hydrogens (tertiary/aromatic N) is 1. The predicted octanol–water partition coefficient (Wildman–Crippen LogP) is 0.869. The van der Waals surface area contributed by atoms with Crippen molar-refractivity contribution in [2.75, 3.05) is 6.61 Å². The lowest BCUT2D eigenvalue weighted by atomic mass is 9.84. The van der Waals surface area contributed by atoms with Crippen LogP contribution in [-0.4, -0.2) is 24.6 Å². The molecule has 5 nitrogen and oxygen atoms in total. The van der Waals surface area contributed by atoms with Crippen molar-refractivity contribution in [2.24, 2.45) is 16.4 Å². The topological polar surface area (TPSA) is 81.8 Å². The number of carbonyl (C=O) groups is 2. The Labute approximate surface area is 89.7 Å². The van der Waals surface area contributed by atoms with Crippen molar-refractivity contribution in [3.05, 3.63) is 0 Å². The Bertz CT molecular complexity index is 259. The first-order chi connectivity index (χ1) is 6.91. The Morgan fingerprint density at radius 1 is 1.40 bits per heavy atom.